The van der Waals surface area contributed by atoms with E-state index in [0.29, 0.717) is 6.04 Å². The molecule has 0 amide bonds. The van der Waals surface area contributed by atoms with Gasteiger partial charge < -0.3 is 10.1 Å². The van der Waals surface area contributed by atoms with Gasteiger partial charge in [-0.25, -0.2) is 0 Å². The number of hydrogen-bond acceptors (Lipinski definition) is 2. The molecule has 0 aromatic heterocycles. The predicted octanol–water partition coefficient (Wildman–Crippen LogP) is 1.55. The minimum Gasteiger partial charge on any atom is -0.385 e. The molecule has 1 aliphatic rings. The van der Waals surface area contributed by atoms with E-state index in [4.69, 9.17) is 4.74 Å². The number of ether oxygens (including phenoxy) is 1. The van der Waals surface area contributed by atoms with E-state index in [2.05, 4.69) is 12.2 Å². The fourth-order valence-electron chi connectivity index (χ4n) is 1.36. The highest BCUT2D eigenvalue weighted by Crippen LogP contribution is 2.18. The lowest BCUT2D eigenvalue weighted by atomic mass is 9.92. The Labute approximate surface area is 69.3 Å². The van der Waals surface area contributed by atoms with Gasteiger partial charge in [0.1, 0.15) is 0 Å². The molecule has 0 saturated heterocycles. The highest BCUT2D eigenvalue weighted by Gasteiger charge is 2.18. The topological polar surface area (TPSA) is 21.3 Å². The first-order valence-electron chi connectivity index (χ1n) is 4.58. The molecule has 11 heavy (non-hydrogen) atoms. The Morgan fingerprint density at radius 2 is 2.27 bits per heavy atom. The standard InChI is InChI=1S/C9H19NO/c1-8(6-7-11-2)10-9-4-3-5-9/h8-10H,3-7H2,1-2H3. The van der Waals surface area contributed by atoms with Crippen LogP contribution in [0.1, 0.15) is 32.6 Å². The quantitative estimate of drug-likeness (QED) is 0.654. The number of methoxy groups -OCH3 is 1. The molecular formula is C9H19NO. The van der Waals surface area contributed by atoms with Crippen molar-refractivity contribution in [2.45, 2.75) is 44.7 Å². The molecule has 1 fully saturated rings. The Balaban J connectivity index is 1.95. The summed E-state index contributed by atoms with van der Waals surface area (Å²) in [5.74, 6) is 0. The van der Waals surface area contributed by atoms with Crippen molar-refractivity contribution >= 4 is 0 Å². The van der Waals surface area contributed by atoms with Crippen LogP contribution in [0.15, 0.2) is 0 Å². The van der Waals surface area contributed by atoms with Crippen molar-refractivity contribution in [1.82, 2.24) is 5.32 Å². The SMILES string of the molecule is COCCC(C)NC1CCC1. The first-order chi connectivity index (χ1) is 5.33. The van der Waals surface area contributed by atoms with Gasteiger partial charge in [0.2, 0.25) is 0 Å². The molecule has 1 unspecified atom stereocenters. The molecule has 1 rings (SSSR count). The summed E-state index contributed by atoms with van der Waals surface area (Å²) in [4.78, 5) is 0. The van der Waals surface area contributed by atoms with E-state index in [1.54, 1.807) is 7.11 Å². The molecule has 1 saturated carbocycles. The van der Waals surface area contributed by atoms with Crippen molar-refractivity contribution in [2.24, 2.45) is 0 Å². The molecule has 0 radical (unpaired) electrons. The summed E-state index contributed by atoms with van der Waals surface area (Å²) in [7, 11) is 1.76. The highest BCUT2D eigenvalue weighted by atomic mass is 16.5. The van der Waals surface area contributed by atoms with Gasteiger partial charge in [-0.2, -0.15) is 0 Å². The maximum Gasteiger partial charge on any atom is 0.0476 e. The van der Waals surface area contributed by atoms with Crippen LogP contribution in [0.5, 0.6) is 0 Å². The minimum atomic E-state index is 0.625. The van der Waals surface area contributed by atoms with Crippen LogP contribution in [-0.4, -0.2) is 25.8 Å². The lowest BCUT2D eigenvalue weighted by molar-refractivity contribution is 0.178. The van der Waals surface area contributed by atoms with Gasteiger partial charge in [0, 0.05) is 25.8 Å². The zero-order valence-electron chi connectivity index (χ0n) is 7.60. The number of hydrogen-bond donors (Lipinski definition) is 1. The molecule has 0 aliphatic heterocycles. The molecule has 2 nitrogen and oxygen atoms in total. The molecule has 66 valence electrons. The van der Waals surface area contributed by atoms with Crippen LogP contribution in [-0.2, 0) is 4.74 Å². The third kappa shape index (κ3) is 3.21. The van der Waals surface area contributed by atoms with Gasteiger partial charge in [-0.3, -0.25) is 0 Å². The van der Waals surface area contributed by atoms with Gasteiger partial charge in [0.15, 0.2) is 0 Å². The summed E-state index contributed by atoms with van der Waals surface area (Å²) in [6.45, 7) is 3.11. The van der Waals surface area contributed by atoms with Crippen molar-refractivity contribution in [3.8, 4) is 0 Å². The molecule has 0 heterocycles. The summed E-state index contributed by atoms with van der Waals surface area (Å²) < 4.78 is 5.01. The second kappa shape index (κ2) is 4.73. The second-order valence-corrected chi connectivity index (χ2v) is 3.48. The summed E-state index contributed by atoms with van der Waals surface area (Å²) in [5, 5.41) is 3.57. The smallest absolute Gasteiger partial charge is 0.0476 e. The summed E-state index contributed by atoms with van der Waals surface area (Å²) in [6, 6.07) is 1.43. The fraction of sp³-hybridized carbons (Fsp3) is 1.00. The Bertz CT molecular complexity index is 102. The van der Waals surface area contributed by atoms with Crippen molar-refractivity contribution in [2.75, 3.05) is 13.7 Å². The average molecular weight is 157 g/mol. The van der Waals surface area contributed by atoms with E-state index in [1.807, 2.05) is 0 Å². The predicted molar refractivity (Wildman–Crippen MR) is 46.7 cm³/mol. The van der Waals surface area contributed by atoms with E-state index in [0.717, 1.165) is 19.1 Å². The maximum atomic E-state index is 5.01. The van der Waals surface area contributed by atoms with E-state index >= 15 is 0 Å². The van der Waals surface area contributed by atoms with Crippen LogP contribution in [0.4, 0.5) is 0 Å². The molecule has 0 aromatic carbocycles. The van der Waals surface area contributed by atoms with Gasteiger partial charge >= 0.3 is 0 Å². The van der Waals surface area contributed by atoms with Gasteiger partial charge in [-0.1, -0.05) is 6.42 Å². The van der Waals surface area contributed by atoms with E-state index in [-0.39, 0.29) is 0 Å². The average Bonchev–Trinajstić information content (AvgIpc) is 1.93. The second-order valence-electron chi connectivity index (χ2n) is 3.48. The molecule has 1 N–H and O–H groups in total. The Hall–Kier alpha value is -0.0800. The number of rotatable bonds is 5. The molecule has 2 heteroatoms. The van der Waals surface area contributed by atoms with Crippen molar-refractivity contribution < 1.29 is 4.74 Å². The summed E-state index contributed by atoms with van der Waals surface area (Å²) in [5.41, 5.74) is 0. The van der Waals surface area contributed by atoms with Crippen molar-refractivity contribution in [1.29, 1.82) is 0 Å². The maximum absolute atomic E-state index is 5.01. The fourth-order valence-corrected chi connectivity index (χ4v) is 1.36. The summed E-state index contributed by atoms with van der Waals surface area (Å²) in [6.07, 6.45) is 5.29. The zero-order chi connectivity index (χ0) is 8.10. The first-order valence-corrected chi connectivity index (χ1v) is 4.58. The van der Waals surface area contributed by atoms with Crippen molar-refractivity contribution in [3.05, 3.63) is 0 Å². The zero-order valence-corrected chi connectivity index (χ0v) is 7.60. The largest absolute Gasteiger partial charge is 0.385 e. The van der Waals surface area contributed by atoms with E-state index in [9.17, 15) is 0 Å². The third-order valence-electron chi connectivity index (χ3n) is 2.38. The molecule has 1 aliphatic carbocycles. The molecule has 0 aromatic rings. The summed E-state index contributed by atoms with van der Waals surface area (Å²) >= 11 is 0. The first kappa shape index (κ1) is 9.01. The van der Waals surface area contributed by atoms with Gasteiger partial charge in [-0.15, -0.1) is 0 Å². The molecule has 0 bridgehead atoms. The highest BCUT2D eigenvalue weighted by molar-refractivity contribution is 4.78. The van der Waals surface area contributed by atoms with Gasteiger partial charge in [0.25, 0.3) is 0 Å². The lowest BCUT2D eigenvalue weighted by Crippen LogP contribution is -2.41. The van der Waals surface area contributed by atoms with Crippen LogP contribution >= 0.6 is 0 Å². The van der Waals surface area contributed by atoms with Crippen LogP contribution in [0.25, 0.3) is 0 Å². The van der Waals surface area contributed by atoms with Crippen LogP contribution in [0, 0.1) is 0 Å². The Kier molecular flexibility index (Phi) is 3.87. The van der Waals surface area contributed by atoms with E-state index < -0.39 is 0 Å². The molecule has 1 atom stereocenters. The van der Waals surface area contributed by atoms with Gasteiger partial charge in [-0.05, 0) is 26.2 Å². The molecule has 0 spiro atoms. The van der Waals surface area contributed by atoms with Gasteiger partial charge in [0.05, 0.1) is 0 Å². The Morgan fingerprint density at radius 1 is 1.55 bits per heavy atom. The molecular weight excluding hydrogens is 138 g/mol. The van der Waals surface area contributed by atoms with Crippen LogP contribution < -0.4 is 5.32 Å². The monoisotopic (exact) mass is 157 g/mol. The lowest BCUT2D eigenvalue weighted by Gasteiger charge is -2.29. The van der Waals surface area contributed by atoms with Crippen molar-refractivity contribution in [3.63, 3.8) is 0 Å². The third-order valence-corrected chi connectivity index (χ3v) is 2.38. The van der Waals surface area contributed by atoms with Crippen LogP contribution in [0.2, 0.25) is 0 Å². The van der Waals surface area contributed by atoms with Crippen LogP contribution in [0.3, 0.4) is 0 Å². The minimum absolute atomic E-state index is 0.625. The Morgan fingerprint density at radius 3 is 2.73 bits per heavy atom. The number of nitrogens with one attached hydrogen (secondary N) is 1. The normalized spacial score (nSPS) is 21.3. The van der Waals surface area contributed by atoms with E-state index in [1.165, 1.54) is 19.3 Å².